The van der Waals surface area contributed by atoms with E-state index in [0.717, 1.165) is 20.3 Å². The number of thioether (sulfide) groups is 1. The molecule has 1 heterocycles. The van der Waals surface area contributed by atoms with Gasteiger partial charge in [0.1, 0.15) is 0 Å². The molecule has 0 fully saturated rings. The second-order valence-electron chi connectivity index (χ2n) is 4.61. The van der Waals surface area contributed by atoms with Crippen LogP contribution in [0.3, 0.4) is 0 Å². The van der Waals surface area contributed by atoms with Crippen molar-refractivity contribution in [1.82, 2.24) is 14.8 Å². The third-order valence-corrected chi connectivity index (χ3v) is 4.47. The Hall–Kier alpha value is -0.860. The minimum Gasteiger partial charge on any atom is -0.481 e. The molecule has 0 spiro atoms. The SMILES string of the molecule is CC(C)n1c(SCC(=O)O)nnc1-c1cc(Br)cc(Br)c1. The molecule has 112 valence electrons. The second kappa shape index (κ2) is 6.93. The van der Waals surface area contributed by atoms with Gasteiger partial charge in [0, 0.05) is 20.6 Å². The number of rotatable bonds is 5. The molecule has 0 aliphatic rings. The topological polar surface area (TPSA) is 68.0 Å². The molecule has 0 amide bonds. The smallest absolute Gasteiger partial charge is 0.313 e. The van der Waals surface area contributed by atoms with Crippen LogP contribution in [-0.4, -0.2) is 31.6 Å². The highest BCUT2D eigenvalue weighted by Crippen LogP contribution is 2.31. The molecule has 8 heteroatoms. The summed E-state index contributed by atoms with van der Waals surface area (Å²) < 4.78 is 3.82. The second-order valence-corrected chi connectivity index (χ2v) is 7.38. The van der Waals surface area contributed by atoms with Crippen molar-refractivity contribution >= 4 is 49.6 Å². The van der Waals surface area contributed by atoms with E-state index in [4.69, 9.17) is 5.11 Å². The van der Waals surface area contributed by atoms with Gasteiger partial charge in [-0.25, -0.2) is 0 Å². The number of halogens is 2. The Morgan fingerprint density at radius 2 is 1.90 bits per heavy atom. The van der Waals surface area contributed by atoms with Gasteiger partial charge >= 0.3 is 5.97 Å². The predicted octanol–water partition coefficient (Wildman–Crippen LogP) is 4.23. The minimum absolute atomic E-state index is 0.0347. The van der Waals surface area contributed by atoms with Gasteiger partial charge in [-0.15, -0.1) is 10.2 Å². The van der Waals surface area contributed by atoms with Crippen molar-refractivity contribution in [2.45, 2.75) is 25.0 Å². The maximum Gasteiger partial charge on any atom is 0.313 e. The van der Waals surface area contributed by atoms with Crippen molar-refractivity contribution in [2.24, 2.45) is 0 Å². The molecule has 0 atom stereocenters. The lowest BCUT2D eigenvalue weighted by Gasteiger charge is -2.13. The van der Waals surface area contributed by atoms with E-state index in [2.05, 4.69) is 42.1 Å². The zero-order chi connectivity index (χ0) is 15.6. The molecular formula is C13H13Br2N3O2S. The number of nitrogens with zero attached hydrogens (tertiary/aromatic N) is 3. The van der Waals surface area contributed by atoms with Crippen molar-refractivity contribution in [3.63, 3.8) is 0 Å². The van der Waals surface area contributed by atoms with Gasteiger partial charge in [0.05, 0.1) is 5.75 Å². The molecule has 1 aromatic heterocycles. The summed E-state index contributed by atoms with van der Waals surface area (Å²) >= 11 is 8.09. The molecule has 2 aromatic rings. The minimum atomic E-state index is -0.870. The van der Waals surface area contributed by atoms with Gasteiger partial charge < -0.3 is 5.11 Å². The van der Waals surface area contributed by atoms with Gasteiger partial charge in [0.25, 0.3) is 0 Å². The molecule has 0 aliphatic carbocycles. The van der Waals surface area contributed by atoms with E-state index in [1.165, 1.54) is 11.8 Å². The first-order valence-corrected chi connectivity index (χ1v) is 8.71. The number of hydrogen-bond donors (Lipinski definition) is 1. The first-order valence-electron chi connectivity index (χ1n) is 6.14. The molecule has 1 N–H and O–H groups in total. The summed E-state index contributed by atoms with van der Waals surface area (Å²) in [7, 11) is 0. The number of carbonyl (C=O) groups is 1. The van der Waals surface area contributed by atoms with Crippen LogP contribution in [0, 0.1) is 0 Å². The molecule has 5 nitrogen and oxygen atoms in total. The van der Waals surface area contributed by atoms with E-state index < -0.39 is 5.97 Å². The lowest BCUT2D eigenvalue weighted by atomic mass is 10.2. The summed E-state index contributed by atoms with van der Waals surface area (Å²) in [5, 5.41) is 17.8. The maximum absolute atomic E-state index is 10.7. The zero-order valence-electron chi connectivity index (χ0n) is 11.4. The predicted molar refractivity (Wildman–Crippen MR) is 89.6 cm³/mol. The van der Waals surface area contributed by atoms with Crippen LogP contribution >= 0.6 is 43.6 Å². The van der Waals surface area contributed by atoms with E-state index in [1.807, 2.05) is 36.6 Å². The third-order valence-electron chi connectivity index (χ3n) is 2.63. The van der Waals surface area contributed by atoms with Gasteiger partial charge in [0.15, 0.2) is 11.0 Å². The summed E-state index contributed by atoms with van der Waals surface area (Å²) in [4.78, 5) is 10.7. The van der Waals surface area contributed by atoms with Crippen LogP contribution < -0.4 is 0 Å². The summed E-state index contributed by atoms with van der Waals surface area (Å²) in [6, 6.07) is 5.99. The van der Waals surface area contributed by atoms with Crippen molar-refractivity contribution in [1.29, 1.82) is 0 Å². The third kappa shape index (κ3) is 4.08. The fourth-order valence-electron chi connectivity index (χ4n) is 1.85. The van der Waals surface area contributed by atoms with Crippen LogP contribution in [0.25, 0.3) is 11.4 Å². The van der Waals surface area contributed by atoms with E-state index >= 15 is 0 Å². The number of carboxylic acids is 1. The van der Waals surface area contributed by atoms with E-state index in [0.29, 0.717) is 5.16 Å². The number of carboxylic acid groups (broad SMARTS) is 1. The van der Waals surface area contributed by atoms with Crippen molar-refractivity contribution in [2.75, 3.05) is 5.75 Å². The van der Waals surface area contributed by atoms with Gasteiger partial charge in [0.2, 0.25) is 0 Å². The molecule has 0 bridgehead atoms. The average Bonchev–Trinajstić information content (AvgIpc) is 2.78. The highest BCUT2D eigenvalue weighted by molar-refractivity contribution is 9.11. The first kappa shape index (κ1) is 16.5. The summed E-state index contributed by atoms with van der Waals surface area (Å²) in [6.07, 6.45) is 0. The molecule has 0 aliphatic heterocycles. The number of benzene rings is 1. The molecule has 0 saturated heterocycles. The molecule has 1 aromatic carbocycles. The van der Waals surface area contributed by atoms with Crippen LogP contribution in [0.15, 0.2) is 32.3 Å². The van der Waals surface area contributed by atoms with Gasteiger partial charge in [-0.05, 0) is 32.0 Å². The quantitative estimate of drug-likeness (QED) is 0.713. The van der Waals surface area contributed by atoms with Gasteiger partial charge in [-0.1, -0.05) is 43.6 Å². The molecule has 0 saturated carbocycles. The summed E-state index contributed by atoms with van der Waals surface area (Å²) in [6.45, 7) is 4.04. The largest absolute Gasteiger partial charge is 0.481 e. The Labute approximate surface area is 143 Å². The summed E-state index contributed by atoms with van der Waals surface area (Å²) in [5.41, 5.74) is 0.916. The van der Waals surface area contributed by atoms with Crippen LogP contribution in [-0.2, 0) is 4.79 Å². The van der Waals surface area contributed by atoms with Crippen LogP contribution in [0.4, 0.5) is 0 Å². The highest BCUT2D eigenvalue weighted by Gasteiger charge is 2.18. The maximum atomic E-state index is 10.7. The molecule has 2 rings (SSSR count). The van der Waals surface area contributed by atoms with E-state index in [9.17, 15) is 4.79 Å². The van der Waals surface area contributed by atoms with Crippen molar-refractivity contribution in [3.05, 3.63) is 27.1 Å². The summed E-state index contributed by atoms with van der Waals surface area (Å²) in [5.74, 6) is -0.183. The van der Waals surface area contributed by atoms with Crippen LogP contribution in [0.1, 0.15) is 19.9 Å². The molecule has 0 unspecified atom stereocenters. The average molecular weight is 435 g/mol. The monoisotopic (exact) mass is 433 g/mol. The Kier molecular flexibility index (Phi) is 5.45. The highest BCUT2D eigenvalue weighted by atomic mass is 79.9. The molecule has 21 heavy (non-hydrogen) atoms. The lowest BCUT2D eigenvalue weighted by molar-refractivity contribution is -0.133. The Balaban J connectivity index is 2.46. The zero-order valence-corrected chi connectivity index (χ0v) is 15.4. The van der Waals surface area contributed by atoms with E-state index in [1.54, 1.807) is 0 Å². The van der Waals surface area contributed by atoms with Gasteiger partial charge in [-0.2, -0.15) is 0 Å². The number of aromatic nitrogens is 3. The first-order chi connectivity index (χ1) is 9.88. The van der Waals surface area contributed by atoms with E-state index in [-0.39, 0.29) is 11.8 Å². The number of hydrogen-bond acceptors (Lipinski definition) is 4. The Morgan fingerprint density at radius 1 is 1.29 bits per heavy atom. The fourth-order valence-corrected chi connectivity index (χ4v) is 3.93. The van der Waals surface area contributed by atoms with Crippen LogP contribution in [0.2, 0.25) is 0 Å². The standard InChI is InChI=1S/C13H13Br2N3O2S/c1-7(2)18-12(8-3-9(14)5-10(15)4-8)16-17-13(18)21-6-11(19)20/h3-5,7H,6H2,1-2H3,(H,19,20). The Morgan fingerprint density at radius 3 is 2.43 bits per heavy atom. The van der Waals surface area contributed by atoms with Gasteiger partial charge in [-0.3, -0.25) is 9.36 Å². The van der Waals surface area contributed by atoms with Crippen molar-refractivity contribution in [3.8, 4) is 11.4 Å². The fraction of sp³-hybridized carbons (Fsp3) is 0.308. The van der Waals surface area contributed by atoms with Crippen LogP contribution in [0.5, 0.6) is 0 Å². The van der Waals surface area contributed by atoms with Crippen molar-refractivity contribution < 1.29 is 9.90 Å². The lowest BCUT2D eigenvalue weighted by Crippen LogP contribution is -2.07. The Bertz CT molecular complexity index is 653. The normalized spacial score (nSPS) is 11.1. The molecule has 0 radical (unpaired) electrons. The number of aliphatic carboxylic acids is 1. The molecular weight excluding hydrogens is 422 g/mol.